The number of thiophene rings is 1. The van der Waals surface area contributed by atoms with Gasteiger partial charge in [-0.3, -0.25) is 0 Å². The lowest BCUT2D eigenvalue weighted by molar-refractivity contribution is 0.824. The van der Waals surface area contributed by atoms with E-state index >= 15 is 0 Å². The lowest BCUT2D eigenvalue weighted by Crippen LogP contribution is -2.02. The highest BCUT2D eigenvalue weighted by Crippen LogP contribution is 2.30. The Morgan fingerprint density at radius 3 is 2.68 bits per heavy atom. The molecule has 0 amide bonds. The summed E-state index contributed by atoms with van der Waals surface area (Å²) in [5.74, 6) is 0.872. The molecule has 4 rings (SSSR count). The van der Waals surface area contributed by atoms with Gasteiger partial charge in [0.25, 0.3) is 0 Å². The Morgan fingerprint density at radius 2 is 1.91 bits per heavy atom. The second-order valence-electron chi connectivity index (χ2n) is 4.82. The largest absolute Gasteiger partial charge is 0.303 e. The van der Waals surface area contributed by atoms with Crippen molar-refractivity contribution in [1.82, 2.24) is 19.5 Å². The molecule has 0 atom stereocenters. The van der Waals surface area contributed by atoms with Gasteiger partial charge >= 0.3 is 0 Å². The van der Waals surface area contributed by atoms with Crippen LogP contribution in [0.25, 0.3) is 21.9 Å². The third-order valence-corrected chi connectivity index (χ3v) is 4.55. The van der Waals surface area contributed by atoms with Crippen LogP contribution in [0.3, 0.4) is 0 Å². The fourth-order valence-electron chi connectivity index (χ4n) is 2.42. The van der Waals surface area contributed by atoms with Gasteiger partial charge < -0.3 is 4.57 Å². The number of imidazole rings is 1. The molecule has 4 aromatic rings. The van der Waals surface area contributed by atoms with Crippen molar-refractivity contribution < 1.29 is 0 Å². The zero-order valence-corrected chi connectivity index (χ0v) is 13.1. The van der Waals surface area contributed by atoms with Crippen LogP contribution in [0.4, 0.5) is 0 Å². The zero-order valence-electron chi connectivity index (χ0n) is 11.5. The molecule has 0 saturated heterocycles. The van der Waals surface area contributed by atoms with E-state index in [1.165, 1.54) is 11.9 Å². The Morgan fingerprint density at radius 1 is 1.05 bits per heavy atom. The van der Waals surface area contributed by atoms with Crippen LogP contribution < -0.4 is 0 Å². The van der Waals surface area contributed by atoms with Crippen LogP contribution in [0.2, 0.25) is 5.15 Å². The van der Waals surface area contributed by atoms with Crippen molar-refractivity contribution in [1.29, 1.82) is 0 Å². The Bertz CT molecular complexity index is 916. The van der Waals surface area contributed by atoms with Crippen LogP contribution in [0.1, 0.15) is 5.56 Å². The minimum Gasteiger partial charge on any atom is -0.303 e. The molecule has 6 heteroatoms. The van der Waals surface area contributed by atoms with E-state index in [-0.39, 0.29) is 0 Å². The smallest absolute Gasteiger partial charge is 0.165 e. The van der Waals surface area contributed by atoms with Crippen molar-refractivity contribution in [2.75, 3.05) is 0 Å². The van der Waals surface area contributed by atoms with Crippen molar-refractivity contribution >= 4 is 34.1 Å². The molecule has 108 valence electrons. The molecule has 0 aliphatic rings. The summed E-state index contributed by atoms with van der Waals surface area (Å²) >= 11 is 7.83. The van der Waals surface area contributed by atoms with Crippen molar-refractivity contribution in [2.24, 2.45) is 0 Å². The van der Waals surface area contributed by atoms with Gasteiger partial charge in [-0.1, -0.05) is 48.0 Å². The predicted octanol–water partition coefficient (Wildman–Crippen LogP) is 4.26. The first-order valence-corrected chi connectivity index (χ1v) is 8.03. The second kappa shape index (κ2) is 5.51. The van der Waals surface area contributed by atoms with Crippen molar-refractivity contribution in [3.05, 3.63) is 64.9 Å². The predicted molar refractivity (Wildman–Crippen MR) is 89.2 cm³/mol. The number of aromatic nitrogens is 4. The molecule has 0 spiro atoms. The Balaban J connectivity index is 1.94. The minimum atomic E-state index is 0.384. The first-order valence-electron chi connectivity index (χ1n) is 6.77. The molecule has 0 saturated carbocycles. The molecule has 22 heavy (non-hydrogen) atoms. The Hall–Kier alpha value is -2.24. The molecule has 0 aliphatic carbocycles. The van der Waals surface area contributed by atoms with Crippen LogP contribution in [-0.4, -0.2) is 19.5 Å². The molecule has 0 bridgehead atoms. The van der Waals surface area contributed by atoms with E-state index in [0.717, 1.165) is 16.3 Å². The molecule has 1 aromatic carbocycles. The van der Waals surface area contributed by atoms with Crippen LogP contribution in [0.5, 0.6) is 0 Å². The van der Waals surface area contributed by atoms with Gasteiger partial charge in [0.2, 0.25) is 0 Å². The van der Waals surface area contributed by atoms with Crippen molar-refractivity contribution in [2.45, 2.75) is 6.54 Å². The number of hydrogen-bond donors (Lipinski definition) is 0. The quantitative estimate of drug-likeness (QED) is 0.528. The Kier molecular flexibility index (Phi) is 3.36. The van der Waals surface area contributed by atoms with Gasteiger partial charge in [-0.15, -0.1) is 11.3 Å². The fraction of sp³-hybridized carbons (Fsp3) is 0.0625. The average Bonchev–Trinajstić information content (AvgIpc) is 3.17. The summed E-state index contributed by atoms with van der Waals surface area (Å²) < 4.78 is 2.09. The molecule has 0 radical (unpaired) electrons. The van der Waals surface area contributed by atoms with E-state index in [4.69, 9.17) is 11.6 Å². The maximum atomic E-state index is 6.18. The highest BCUT2D eigenvalue weighted by Gasteiger charge is 2.17. The molecular weight excluding hydrogens is 316 g/mol. The van der Waals surface area contributed by atoms with E-state index in [2.05, 4.69) is 37.7 Å². The molecule has 0 unspecified atom stereocenters. The van der Waals surface area contributed by atoms with Gasteiger partial charge in [-0.25, -0.2) is 15.0 Å². The molecule has 4 nitrogen and oxygen atoms in total. The number of nitrogens with zero attached hydrogens (tertiary/aromatic N) is 4. The van der Waals surface area contributed by atoms with Gasteiger partial charge in [-0.2, -0.15) is 0 Å². The molecular formula is C16H11ClN4S. The van der Waals surface area contributed by atoms with Crippen LogP contribution >= 0.6 is 22.9 Å². The van der Waals surface area contributed by atoms with Crippen LogP contribution in [0.15, 0.2) is 54.2 Å². The van der Waals surface area contributed by atoms with Crippen molar-refractivity contribution in [3.8, 4) is 10.7 Å². The highest BCUT2D eigenvalue weighted by atomic mass is 35.5. The fourth-order valence-corrected chi connectivity index (χ4v) is 3.31. The van der Waals surface area contributed by atoms with E-state index in [1.807, 2.05) is 29.6 Å². The molecule has 3 heterocycles. The summed E-state index contributed by atoms with van der Waals surface area (Å²) in [5, 5.41) is 2.42. The van der Waals surface area contributed by atoms with E-state index in [9.17, 15) is 0 Å². The third kappa shape index (κ3) is 2.28. The topological polar surface area (TPSA) is 43.6 Å². The third-order valence-electron chi connectivity index (χ3n) is 3.41. The van der Waals surface area contributed by atoms with E-state index < -0.39 is 0 Å². The maximum Gasteiger partial charge on any atom is 0.165 e. The normalized spacial score (nSPS) is 11.1. The second-order valence-corrected chi connectivity index (χ2v) is 6.13. The average molecular weight is 327 g/mol. The molecule has 0 N–H and O–H groups in total. The summed E-state index contributed by atoms with van der Waals surface area (Å²) in [4.78, 5) is 14.2. The lowest BCUT2D eigenvalue weighted by Gasteiger charge is -2.07. The zero-order chi connectivity index (χ0) is 14.9. The SMILES string of the molecule is Clc1ncnc2c1nc(-c1cccs1)n2Cc1ccccc1. The number of fused-ring (bicyclic) bond motifs is 1. The molecule has 0 aliphatic heterocycles. The number of rotatable bonds is 3. The van der Waals surface area contributed by atoms with Gasteiger partial charge in [0.05, 0.1) is 11.4 Å². The van der Waals surface area contributed by atoms with Gasteiger partial charge in [0.1, 0.15) is 11.8 Å². The number of halogens is 1. The molecule has 0 fully saturated rings. The monoisotopic (exact) mass is 326 g/mol. The Labute approximate surface area is 136 Å². The lowest BCUT2D eigenvalue weighted by atomic mass is 10.2. The number of benzene rings is 1. The minimum absolute atomic E-state index is 0.384. The first kappa shape index (κ1) is 13.4. The van der Waals surface area contributed by atoms with Gasteiger partial charge in [0.15, 0.2) is 16.6 Å². The van der Waals surface area contributed by atoms with E-state index in [1.54, 1.807) is 11.3 Å². The summed E-state index contributed by atoms with van der Waals surface area (Å²) in [6.45, 7) is 0.692. The maximum absolute atomic E-state index is 6.18. The molecule has 3 aromatic heterocycles. The van der Waals surface area contributed by atoms with Crippen LogP contribution in [0, 0.1) is 0 Å². The van der Waals surface area contributed by atoms with Gasteiger partial charge in [-0.05, 0) is 17.0 Å². The summed E-state index contributed by atoms with van der Waals surface area (Å²) in [7, 11) is 0. The summed E-state index contributed by atoms with van der Waals surface area (Å²) in [5.41, 5.74) is 2.59. The van der Waals surface area contributed by atoms with Crippen LogP contribution in [-0.2, 0) is 6.54 Å². The summed E-state index contributed by atoms with van der Waals surface area (Å²) in [6, 6.07) is 14.3. The first-order chi connectivity index (χ1) is 10.8. The highest BCUT2D eigenvalue weighted by molar-refractivity contribution is 7.13. The van der Waals surface area contributed by atoms with Gasteiger partial charge in [0, 0.05) is 0 Å². The summed E-state index contributed by atoms with van der Waals surface area (Å²) in [6.07, 6.45) is 1.48. The van der Waals surface area contributed by atoms with Crippen molar-refractivity contribution in [3.63, 3.8) is 0 Å². The number of hydrogen-bond acceptors (Lipinski definition) is 4. The van der Waals surface area contributed by atoms with E-state index in [0.29, 0.717) is 17.2 Å². The standard InChI is InChI=1S/C16H11ClN4S/c17-14-13-16(19-10-18-14)21(9-11-5-2-1-3-6-11)15(20-13)12-7-4-8-22-12/h1-8,10H,9H2.